The summed E-state index contributed by atoms with van der Waals surface area (Å²) in [7, 11) is -1.53. The van der Waals surface area contributed by atoms with Gasteiger partial charge in [0, 0.05) is 16.4 Å². The van der Waals surface area contributed by atoms with Crippen LogP contribution in [0.25, 0.3) is 34.3 Å². The Balaban J connectivity index is 0.00000228. The summed E-state index contributed by atoms with van der Waals surface area (Å²) in [5, 5.41) is 21.1. The van der Waals surface area contributed by atoms with E-state index < -0.39 is 15.1 Å². The third-order valence-corrected chi connectivity index (χ3v) is 7.53. The lowest BCUT2D eigenvalue weighted by atomic mass is 10.1. The lowest BCUT2D eigenvalue weighted by molar-refractivity contribution is 0.472. The molecule has 0 spiro atoms. The van der Waals surface area contributed by atoms with E-state index in [1.807, 2.05) is 13.1 Å². The van der Waals surface area contributed by atoms with Gasteiger partial charge in [-0.3, -0.25) is 4.98 Å². The zero-order chi connectivity index (χ0) is 24.5. The molecule has 4 aromatic rings. The first-order valence-corrected chi connectivity index (χ1v) is 12.2. The number of phenolic OH excluding ortho intramolecular Hbond substituents is 1. The van der Waals surface area contributed by atoms with Crippen molar-refractivity contribution in [3.8, 4) is 40.0 Å². The first-order chi connectivity index (χ1) is 16.2. The average Bonchev–Trinajstić information content (AvgIpc) is 3.29. The number of hydrogen-bond acceptors (Lipinski definition) is 9. The Bertz CT molecular complexity index is 1450. The highest BCUT2D eigenvalue weighted by Crippen LogP contribution is 2.32. The van der Waals surface area contributed by atoms with Crippen LogP contribution in [0.1, 0.15) is 29.4 Å². The second-order valence-corrected chi connectivity index (χ2v) is 10.6. The van der Waals surface area contributed by atoms with Gasteiger partial charge < -0.3 is 14.8 Å². The molecule has 9 nitrogen and oxygen atoms in total. The van der Waals surface area contributed by atoms with Crippen LogP contribution in [0.15, 0.2) is 58.0 Å². The van der Waals surface area contributed by atoms with Gasteiger partial charge in [0.1, 0.15) is 11.4 Å². The molecular formula is C24H31N5O4S. The van der Waals surface area contributed by atoms with E-state index in [0.29, 0.717) is 34.8 Å². The topological polar surface area (TPSA) is 131 Å². The van der Waals surface area contributed by atoms with E-state index in [4.69, 9.17) is 4.42 Å². The van der Waals surface area contributed by atoms with Crippen LogP contribution < -0.4 is 5.32 Å². The zero-order valence-corrected chi connectivity index (χ0v) is 20.1. The van der Waals surface area contributed by atoms with Crippen LogP contribution in [0.3, 0.4) is 0 Å². The molecule has 2 N–H and O–H groups in total. The fraction of sp³-hybridized carbons (Fsp3) is 0.250. The van der Waals surface area contributed by atoms with Gasteiger partial charge in [0.05, 0.1) is 33.3 Å². The zero-order valence-electron chi connectivity index (χ0n) is 19.3. The predicted octanol–water partition coefficient (Wildman–Crippen LogP) is 4.51. The SMILES string of the molecule is CNCc1ccc(-c2nnc(-c3nc(-c4ccc(S(=O)(=O)C(C)C)cc4)cnc3C)o2)c(O)c1.[HH].[HH].[HH]. The monoisotopic (exact) mass is 485 g/mol. The number of aromatic nitrogens is 4. The molecule has 4 rings (SSSR count). The normalized spacial score (nSPS) is 11.8. The summed E-state index contributed by atoms with van der Waals surface area (Å²) in [5.74, 6) is 0.369. The summed E-state index contributed by atoms with van der Waals surface area (Å²) < 4.78 is 30.6. The molecule has 0 saturated carbocycles. The van der Waals surface area contributed by atoms with Crippen LogP contribution in [-0.2, 0) is 16.4 Å². The largest absolute Gasteiger partial charge is 0.507 e. The summed E-state index contributed by atoms with van der Waals surface area (Å²) in [6.45, 7) is 5.69. The van der Waals surface area contributed by atoms with E-state index >= 15 is 0 Å². The lowest BCUT2D eigenvalue weighted by Gasteiger charge is -2.09. The maximum absolute atomic E-state index is 12.4. The number of hydrogen-bond donors (Lipinski definition) is 2. The van der Waals surface area contributed by atoms with Crippen LogP contribution in [0.5, 0.6) is 5.75 Å². The Labute approximate surface area is 202 Å². The smallest absolute Gasteiger partial charge is 0.268 e. The Morgan fingerprint density at radius 2 is 1.79 bits per heavy atom. The van der Waals surface area contributed by atoms with Gasteiger partial charge in [0.25, 0.3) is 11.8 Å². The standard InChI is InChI=1S/C24H25N5O4S.3H2/c1-14(2)34(31,32)18-8-6-17(7-9-18)20-13-26-15(3)22(27-20)24-29-28-23(33-24)19-10-5-16(12-25-4)11-21(19)30;;;/h5-11,13-14,25,30H,12H2,1-4H3;3*1H. The highest BCUT2D eigenvalue weighted by Gasteiger charge is 2.20. The Kier molecular flexibility index (Phi) is 6.45. The number of phenols is 1. The molecule has 0 aliphatic rings. The van der Waals surface area contributed by atoms with Crippen molar-refractivity contribution in [1.82, 2.24) is 25.5 Å². The average molecular weight is 486 g/mol. The minimum atomic E-state index is -3.36. The second-order valence-electron chi connectivity index (χ2n) is 8.10. The summed E-state index contributed by atoms with van der Waals surface area (Å²) in [6, 6.07) is 11.8. The predicted molar refractivity (Wildman–Crippen MR) is 134 cm³/mol. The maximum Gasteiger partial charge on any atom is 0.268 e. The molecule has 2 heterocycles. The third-order valence-electron chi connectivity index (χ3n) is 5.36. The first-order valence-electron chi connectivity index (χ1n) is 10.7. The van der Waals surface area contributed by atoms with Crippen LogP contribution >= 0.6 is 0 Å². The van der Waals surface area contributed by atoms with E-state index in [2.05, 4.69) is 25.5 Å². The van der Waals surface area contributed by atoms with Gasteiger partial charge in [0.2, 0.25) is 0 Å². The molecule has 2 aromatic heterocycles. The number of nitrogens with one attached hydrogen (secondary N) is 1. The van der Waals surface area contributed by atoms with Crippen molar-refractivity contribution in [1.29, 1.82) is 0 Å². The van der Waals surface area contributed by atoms with Crippen LogP contribution in [-0.4, -0.2) is 46.0 Å². The van der Waals surface area contributed by atoms with Gasteiger partial charge in [-0.25, -0.2) is 13.4 Å². The molecule has 0 unspecified atom stereocenters. The van der Waals surface area contributed by atoms with Crippen molar-refractivity contribution in [2.45, 2.75) is 37.5 Å². The van der Waals surface area contributed by atoms with Gasteiger partial charge in [0.15, 0.2) is 9.84 Å². The Morgan fingerprint density at radius 1 is 1.09 bits per heavy atom. The van der Waals surface area contributed by atoms with Crippen molar-refractivity contribution in [3.05, 3.63) is 59.9 Å². The molecule has 0 amide bonds. The summed E-state index contributed by atoms with van der Waals surface area (Å²) in [4.78, 5) is 9.28. The molecular weight excluding hydrogens is 454 g/mol. The molecule has 10 heteroatoms. The van der Waals surface area contributed by atoms with Crippen LogP contribution in [0.2, 0.25) is 0 Å². The number of aryl methyl sites for hydroxylation is 1. The highest BCUT2D eigenvalue weighted by molar-refractivity contribution is 7.92. The molecule has 0 radical (unpaired) electrons. The van der Waals surface area contributed by atoms with Gasteiger partial charge in [-0.15, -0.1) is 10.2 Å². The van der Waals surface area contributed by atoms with E-state index in [-0.39, 0.29) is 26.7 Å². The molecule has 0 fully saturated rings. The highest BCUT2D eigenvalue weighted by atomic mass is 32.2. The minimum absolute atomic E-state index is 0. The van der Waals surface area contributed by atoms with Crippen molar-refractivity contribution in [2.24, 2.45) is 0 Å². The van der Waals surface area contributed by atoms with E-state index in [1.54, 1.807) is 63.4 Å². The Morgan fingerprint density at radius 3 is 2.44 bits per heavy atom. The number of aromatic hydroxyl groups is 1. The minimum Gasteiger partial charge on any atom is -0.507 e. The molecule has 0 saturated heterocycles. The number of sulfone groups is 1. The lowest BCUT2D eigenvalue weighted by Crippen LogP contribution is -2.13. The van der Waals surface area contributed by atoms with Gasteiger partial charge in [-0.2, -0.15) is 0 Å². The molecule has 182 valence electrons. The third kappa shape index (κ3) is 4.55. The van der Waals surface area contributed by atoms with Crippen molar-refractivity contribution in [3.63, 3.8) is 0 Å². The summed E-state index contributed by atoms with van der Waals surface area (Å²) in [6.07, 6.45) is 1.61. The van der Waals surface area contributed by atoms with Crippen LogP contribution in [0.4, 0.5) is 0 Å². The van der Waals surface area contributed by atoms with E-state index in [9.17, 15) is 13.5 Å². The molecule has 34 heavy (non-hydrogen) atoms. The van der Waals surface area contributed by atoms with Gasteiger partial charge >= 0.3 is 0 Å². The van der Waals surface area contributed by atoms with Crippen molar-refractivity contribution in [2.75, 3.05) is 7.05 Å². The van der Waals surface area contributed by atoms with Crippen molar-refractivity contribution >= 4 is 9.84 Å². The summed E-state index contributed by atoms with van der Waals surface area (Å²) >= 11 is 0. The van der Waals surface area contributed by atoms with Gasteiger partial charge in [-0.1, -0.05) is 18.2 Å². The molecule has 0 atom stereocenters. The maximum atomic E-state index is 12.4. The quantitative estimate of drug-likeness (QED) is 0.388. The molecule has 0 aliphatic carbocycles. The second kappa shape index (κ2) is 9.32. The van der Waals surface area contributed by atoms with E-state index in [1.165, 1.54) is 0 Å². The van der Waals surface area contributed by atoms with Crippen LogP contribution in [0, 0.1) is 6.92 Å². The number of nitrogens with zero attached hydrogens (tertiary/aromatic N) is 4. The summed E-state index contributed by atoms with van der Waals surface area (Å²) in [5.41, 5.74) is 3.57. The van der Waals surface area contributed by atoms with E-state index in [0.717, 1.165) is 5.56 Å². The number of rotatable bonds is 7. The first kappa shape index (κ1) is 23.5. The number of benzene rings is 2. The van der Waals surface area contributed by atoms with Gasteiger partial charge in [-0.05, 0) is 57.6 Å². The van der Waals surface area contributed by atoms with Crippen molar-refractivity contribution < 1.29 is 22.2 Å². The fourth-order valence-electron chi connectivity index (χ4n) is 3.38. The molecule has 2 aromatic carbocycles. The molecule has 0 aliphatic heterocycles. The molecule has 0 bridgehead atoms. The Hall–Kier alpha value is -3.63. The fourth-order valence-corrected chi connectivity index (χ4v) is 4.44.